The van der Waals surface area contributed by atoms with Crippen LogP contribution in [0, 0.1) is 0 Å². The van der Waals surface area contributed by atoms with Crippen molar-refractivity contribution in [3.8, 4) is 0 Å². The van der Waals surface area contributed by atoms with Crippen molar-refractivity contribution < 1.29 is 0 Å². The van der Waals surface area contributed by atoms with Crippen molar-refractivity contribution in [2.75, 3.05) is 0 Å². The van der Waals surface area contributed by atoms with Crippen LogP contribution < -0.4 is 11.3 Å². The molecule has 2 rings (SSSR count). The molecule has 17 heavy (non-hydrogen) atoms. The molecule has 2 aromatic rings. The highest BCUT2D eigenvalue weighted by Gasteiger charge is 2.14. The van der Waals surface area contributed by atoms with E-state index in [2.05, 4.69) is 27.6 Å². The van der Waals surface area contributed by atoms with Crippen LogP contribution in [0.1, 0.15) is 30.5 Å². The minimum atomic E-state index is -0.101. The number of aryl methyl sites for hydroxylation is 1. The fourth-order valence-corrected chi connectivity index (χ4v) is 1.74. The van der Waals surface area contributed by atoms with E-state index in [1.54, 1.807) is 12.4 Å². The number of nitrogens with two attached hydrogens (primary N) is 1. The molecule has 2 aromatic heterocycles. The molecule has 0 fully saturated rings. The summed E-state index contributed by atoms with van der Waals surface area (Å²) in [4.78, 5) is 0. The number of hydrogen-bond donors (Lipinski definition) is 2. The third-order valence-electron chi connectivity index (χ3n) is 2.55. The van der Waals surface area contributed by atoms with Crippen molar-refractivity contribution in [1.82, 2.24) is 25.4 Å². The van der Waals surface area contributed by atoms with Crippen molar-refractivity contribution in [2.24, 2.45) is 5.84 Å². The smallest absolute Gasteiger partial charge is 0.0756 e. The van der Waals surface area contributed by atoms with Gasteiger partial charge in [-0.3, -0.25) is 10.5 Å². The molecule has 0 saturated carbocycles. The van der Waals surface area contributed by atoms with Gasteiger partial charge in [0.05, 0.1) is 18.4 Å². The van der Waals surface area contributed by atoms with Crippen molar-refractivity contribution in [2.45, 2.75) is 25.9 Å². The second-order valence-corrected chi connectivity index (χ2v) is 3.81. The lowest BCUT2D eigenvalue weighted by Crippen LogP contribution is -2.28. The summed E-state index contributed by atoms with van der Waals surface area (Å²) in [6.45, 7) is 3.03. The molecule has 0 saturated heterocycles. The Bertz CT molecular complexity index is 452. The second-order valence-electron chi connectivity index (χ2n) is 3.81. The van der Waals surface area contributed by atoms with Crippen LogP contribution >= 0.6 is 0 Å². The molecular formula is C11H16N6. The van der Waals surface area contributed by atoms with Crippen LogP contribution in [-0.4, -0.2) is 20.0 Å². The maximum absolute atomic E-state index is 5.58. The Labute approximate surface area is 99.8 Å². The molecule has 0 bridgehead atoms. The van der Waals surface area contributed by atoms with Crippen LogP contribution in [-0.2, 0) is 6.54 Å². The maximum atomic E-state index is 5.58. The molecular weight excluding hydrogens is 216 g/mol. The highest BCUT2D eigenvalue weighted by atomic mass is 15.3. The lowest BCUT2D eigenvalue weighted by atomic mass is 10.1. The van der Waals surface area contributed by atoms with E-state index >= 15 is 0 Å². The van der Waals surface area contributed by atoms with Crippen LogP contribution in [0.25, 0.3) is 0 Å². The molecule has 0 aliphatic carbocycles. The van der Waals surface area contributed by atoms with Gasteiger partial charge in [-0.2, -0.15) is 15.3 Å². The van der Waals surface area contributed by atoms with Crippen LogP contribution in [0.15, 0.2) is 30.9 Å². The predicted molar refractivity (Wildman–Crippen MR) is 63.7 cm³/mol. The molecule has 0 spiro atoms. The van der Waals surface area contributed by atoms with Crippen molar-refractivity contribution in [3.63, 3.8) is 0 Å². The first-order valence-electron chi connectivity index (χ1n) is 5.60. The van der Waals surface area contributed by atoms with E-state index < -0.39 is 0 Å². The van der Waals surface area contributed by atoms with Gasteiger partial charge in [-0.15, -0.1) is 0 Å². The Morgan fingerprint density at radius 1 is 1.35 bits per heavy atom. The van der Waals surface area contributed by atoms with Gasteiger partial charge in [-0.1, -0.05) is 6.92 Å². The summed E-state index contributed by atoms with van der Waals surface area (Å²) in [5.74, 6) is 5.58. The second kappa shape index (κ2) is 5.51. The molecule has 3 N–H and O–H groups in total. The van der Waals surface area contributed by atoms with E-state index in [1.165, 1.54) is 0 Å². The average Bonchev–Trinajstić information content (AvgIpc) is 2.81. The van der Waals surface area contributed by atoms with Crippen molar-refractivity contribution in [1.29, 1.82) is 0 Å². The average molecular weight is 232 g/mol. The molecule has 0 aliphatic heterocycles. The molecule has 0 amide bonds. The van der Waals surface area contributed by atoms with Gasteiger partial charge in [0.25, 0.3) is 0 Å². The van der Waals surface area contributed by atoms with Crippen LogP contribution in [0.2, 0.25) is 0 Å². The Kier molecular flexibility index (Phi) is 3.79. The van der Waals surface area contributed by atoms with Gasteiger partial charge in [-0.05, 0) is 18.1 Å². The topological polar surface area (TPSA) is 81.7 Å². The number of hydrogen-bond acceptors (Lipinski definition) is 5. The first-order valence-corrected chi connectivity index (χ1v) is 5.60. The molecule has 0 radical (unpaired) electrons. The number of rotatable bonds is 5. The number of aromatic nitrogens is 4. The third-order valence-corrected chi connectivity index (χ3v) is 2.55. The summed E-state index contributed by atoms with van der Waals surface area (Å²) < 4.78 is 1.91. The van der Waals surface area contributed by atoms with Gasteiger partial charge in [0, 0.05) is 24.5 Å². The van der Waals surface area contributed by atoms with E-state index in [0.29, 0.717) is 0 Å². The summed E-state index contributed by atoms with van der Waals surface area (Å²) in [6, 6.07) is 1.78. The molecule has 6 heteroatoms. The Hall–Kier alpha value is -1.79. The third kappa shape index (κ3) is 2.66. The quantitative estimate of drug-likeness (QED) is 0.584. The van der Waals surface area contributed by atoms with Crippen LogP contribution in [0.4, 0.5) is 0 Å². The summed E-state index contributed by atoms with van der Waals surface area (Å²) in [5, 5.41) is 11.9. The van der Waals surface area contributed by atoms with Gasteiger partial charge in [-0.25, -0.2) is 5.43 Å². The standard InChI is InChI=1S/C11H16N6/c1-2-5-17-8-10(7-15-17)11(16-12)9-3-4-13-14-6-9/h3-4,6-8,11,16H,2,5,12H2,1H3. The van der Waals surface area contributed by atoms with Crippen molar-refractivity contribution >= 4 is 0 Å². The largest absolute Gasteiger partial charge is 0.272 e. The monoisotopic (exact) mass is 232 g/mol. The zero-order chi connectivity index (χ0) is 12.1. The molecule has 90 valence electrons. The molecule has 0 aromatic carbocycles. The van der Waals surface area contributed by atoms with Crippen LogP contribution in [0.3, 0.4) is 0 Å². The number of hydrazine groups is 1. The molecule has 1 unspecified atom stereocenters. The first-order chi connectivity index (χ1) is 8.35. The molecule has 0 aliphatic rings. The van der Waals surface area contributed by atoms with E-state index in [0.717, 1.165) is 24.1 Å². The zero-order valence-corrected chi connectivity index (χ0v) is 9.74. The Morgan fingerprint density at radius 2 is 2.24 bits per heavy atom. The highest BCUT2D eigenvalue weighted by Crippen LogP contribution is 2.19. The van der Waals surface area contributed by atoms with Gasteiger partial charge in [0.2, 0.25) is 0 Å². The maximum Gasteiger partial charge on any atom is 0.0756 e. The first kappa shape index (κ1) is 11.7. The van der Waals surface area contributed by atoms with E-state index in [4.69, 9.17) is 5.84 Å². The molecule has 2 heterocycles. The summed E-state index contributed by atoms with van der Waals surface area (Å²) in [6.07, 6.45) is 8.21. The van der Waals surface area contributed by atoms with Gasteiger partial charge >= 0.3 is 0 Å². The molecule has 1 atom stereocenters. The van der Waals surface area contributed by atoms with Crippen LogP contribution in [0.5, 0.6) is 0 Å². The van der Waals surface area contributed by atoms with E-state index in [9.17, 15) is 0 Å². The number of nitrogens with zero attached hydrogens (tertiary/aromatic N) is 4. The Morgan fingerprint density at radius 3 is 2.88 bits per heavy atom. The fourth-order valence-electron chi connectivity index (χ4n) is 1.74. The lowest BCUT2D eigenvalue weighted by molar-refractivity contribution is 0.597. The fraction of sp³-hybridized carbons (Fsp3) is 0.364. The lowest BCUT2D eigenvalue weighted by Gasteiger charge is -2.13. The van der Waals surface area contributed by atoms with E-state index in [1.807, 2.05) is 23.1 Å². The highest BCUT2D eigenvalue weighted by molar-refractivity contribution is 5.25. The Balaban J connectivity index is 2.23. The minimum absolute atomic E-state index is 0.101. The molecule has 6 nitrogen and oxygen atoms in total. The summed E-state index contributed by atoms with van der Waals surface area (Å²) >= 11 is 0. The van der Waals surface area contributed by atoms with Gasteiger partial charge in [0.1, 0.15) is 0 Å². The van der Waals surface area contributed by atoms with Gasteiger partial charge in [0.15, 0.2) is 0 Å². The normalized spacial score (nSPS) is 12.6. The number of nitrogens with one attached hydrogen (secondary N) is 1. The zero-order valence-electron chi connectivity index (χ0n) is 9.74. The predicted octanol–water partition coefficient (Wildman–Crippen LogP) is 0.636. The summed E-state index contributed by atoms with van der Waals surface area (Å²) in [5.41, 5.74) is 4.76. The van der Waals surface area contributed by atoms with Gasteiger partial charge < -0.3 is 0 Å². The minimum Gasteiger partial charge on any atom is -0.272 e. The summed E-state index contributed by atoms with van der Waals surface area (Å²) in [7, 11) is 0. The van der Waals surface area contributed by atoms with Crippen molar-refractivity contribution in [3.05, 3.63) is 42.0 Å². The van der Waals surface area contributed by atoms with E-state index in [-0.39, 0.29) is 6.04 Å². The SMILES string of the molecule is CCCn1cc(C(NN)c2ccnnc2)cn1.